The van der Waals surface area contributed by atoms with Crippen molar-refractivity contribution in [2.24, 2.45) is 5.73 Å². The molecule has 0 bridgehead atoms. The van der Waals surface area contributed by atoms with Crippen molar-refractivity contribution in [3.8, 4) is 0 Å². The minimum Gasteiger partial charge on any atom is -0.393 e. The highest BCUT2D eigenvalue weighted by molar-refractivity contribution is 5.22. The van der Waals surface area contributed by atoms with E-state index in [4.69, 9.17) is 5.73 Å². The van der Waals surface area contributed by atoms with Gasteiger partial charge in [0.1, 0.15) is 0 Å². The normalized spacial score (nSPS) is 29.5. The molecule has 1 aromatic rings. The van der Waals surface area contributed by atoms with Gasteiger partial charge in [0.2, 0.25) is 0 Å². The van der Waals surface area contributed by atoms with Crippen LogP contribution in [0.4, 0.5) is 13.2 Å². The monoisotopic (exact) mass is 263 g/mol. The average molecular weight is 263 g/mol. The minimum absolute atomic E-state index is 0.249. The standard InChI is InChI=1S/C11H16F3N3O/c12-11(13,14)9-5-8(16-17-9)10(6-15)3-1-7(18)2-4-10/h5,7,18H,1-4,6,15H2,(H,16,17). The molecule has 0 aliphatic heterocycles. The first-order valence-corrected chi connectivity index (χ1v) is 5.89. The number of nitrogens with one attached hydrogen (secondary N) is 1. The Morgan fingerprint density at radius 1 is 1.44 bits per heavy atom. The lowest BCUT2D eigenvalue weighted by molar-refractivity contribution is -0.141. The maximum absolute atomic E-state index is 12.5. The summed E-state index contributed by atoms with van der Waals surface area (Å²) in [5, 5.41) is 15.2. The molecule has 0 radical (unpaired) electrons. The van der Waals surface area contributed by atoms with Crippen LogP contribution in [-0.2, 0) is 11.6 Å². The molecule has 1 aliphatic rings. The number of hydrogen-bond donors (Lipinski definition) is 3. The lowest BCUT2D eigenvalue weighted by Gasteiger charge is -2.37. The van der Waals surface area contributed by atoms with E-state index in [0.717, 1.165) is 6.07 Å². The largest absolute Gasteiger partial charge is 0.435 e. The molecule has 0 aromatic carbocycles. The van der Waals surface area contributed by atoms with Crippen LogP contribution >= 0.6 is 0 Å². The van der Waals surface area contributed by atoms with E-state index in [0.29, 0.717) is 31.4 Å². The van der Waals surface area contributed by atoms with Gasteiger partial charge in [0.05, 0.1) is 6.10 Å². The van der Waals surface area contributed by atoms with Gasteiger partial charge in [-0.3, -0.25) is 5.10 Å². The number of H-pyrrole nitrogens is 1. The molecule has 0 saturated heterocycles. The number of aliphatic hydroxyl groups excluding tert-OH is 1. The molecule has 0 unspecified atom stereocenters. The average Bonchev–Trinajstić information content (AvgIpc) is 2.80. The fraction of sp³-hybridized carbons (Fsp3) is 0.727. The first-order valence-electron chi connectivity index (χ1n) is 5.89. The van der Waals surface area contributed by atoms with E-state index in [9.17, 15) is 18.3 Å². The zero-order valence-electron chi connectivity index (χ0n) is 9.80. The van der Waals surface area contributed by atoms with Gasteiger partial charge in [-0.25, -0.2) is 0 Å². The lowest BCUT2D eigenvalue weighted by atomic mass is 9.71. The lowest BCUT2D eigenvalue weighted by Crippen LogP contribution is -2.40. The van der Waals surface area contributed by atoms with Crippen LogP contribution in [0.15, 0.2) is 6.07 Å². The molecule has 1 heterocycles. The van der Waals surface area contributed by atoms with Crippen LogP contribution in [0.2, 0.25) is 0 Å². The van der Waals surface area contributed by atoms with E-state index in [1.165, 1.54) is 0 Å². The predicted octanol–water partition coefficient (Wildman–Crippen LogP) is 1.56. The Kier molecular flexibility index (Phi) is 3.37. The van der Waals surface area contributed by atoms with Crippen LogP contribution in [0.3, 0.4) is 0 Å². The summed E-state index contributed by atoms with van der Waals surface area (Å²) >= 11 is 0. The van der Waals surface area contributed by atoms with Crippen molar-refractivity contribution in [2.45, 2.75) is 43.4 Å². The summed E-state index contributed by atoms with van der Waals surface area (Å²) in [6.07, 6.45) is -2.57. The Morgan fingerprint density at radius 2 is 2.06 bits per heavy atom. The van der Waals surface area contributed by atoms with Gasteiger partial charge in [-0.05, 0) is 31.7 Å². The number of aromatic amines is 1. The number of aromatic nitrogens is 2. The third-order valence-electron chi connectivity index (χ3n) is 3.74. The highest BCUT2D eigenvalue weighted by Gasteiger charge is 2.40. The topological polar surface area (TPSA) is 74.9 Å². The van der Waals surface area contributed by atoms with Crippen molar-refractivity contribution in [3.63, 3.8) is 0 Å². The number of hydrogen-bond acceptors (Lipinski definition) is 3. The molecule has 0 atom stereocenters. The van der Waals surface area contributed by atoms with Gasteiger partial charge in [0, 0.05) is 17.7 Å². The molecule has 4 N–H and O–H groups in total. The number of rotatable bonds is 2. The van der Waals surface area contributed by atoms with Gasteiger partial charge in [0.15, 0.2) is 5.69 Å². The Bertz CT molecular complexity index is 408. The van der Waals surface area contributed by atoms with E-state index < -0.39 is 17.3 Å². The Hall–Kier alpha value is -1.08. The van der Waals surface area contributed by atoms with Gasteiger partial charge in [-0.1, -0.05) is 0 Å². The second-order valence-corrected chi connectivity index (χ2v) is 4.88. The highest BCUT2D eigenvalue weighted by atomic mass is 19.4. The SMILES string of the molecule is NCC1(c2cc(C(F)(F)F)n[nH]2)CCC(O)CC1. The van der Waals surface area contributed by atoms with Crippen LogP contribution < -0.4 is 5.73 Å². The van der Waals surface area contributed by atoms with Crippen LogP contribution in [0.25, 0.3) is 0 Å². The maximum Gasteiger partial charge on any atom is 0.435 e. The van der Waals surface area contributed by atoms with Gasteiger partial charge in [-0.15, -0.1) is 0 Å². The number of alkyl halides is 3. The van der Waals surface area contributed by atoms with Gasteiger partial charge in [0.25, 0.3) is 0 Å². The molecule has 1 fully saturated rings. The first-order chi connectivity index (χ1) is 8.37. The Labute approximate surface area is 102 Å². The van der Waals surface area contributed by atoms with Crippen molar-refractivity contribution in [2.75, 3.05) is 6.54 Å². The summed E-state index contributed by atoms with van der Waals surface area (Å²) in [4.78, 5) is 0. The summed E-state index contributed by atoms with van der Waals surface area (Å²) in [7, 11) is 0. The second kappa shape index (κ2) is 4.55. The zero-order chi connectivity index (χ0) is 13.4. The number of halogens is 3. The van der Waals surface area contributed by atoms with Crippen LogP contribution in [0, 0.1) is 0 Å². The third-order valence-corrected chi connectivity index (χ3v) is 3.74. The van der Waals surface area contributed by atoms with E-state index in [1.807, 2.05) is 0 Å². The summed E-state index contributed by atoms with van der Waals surface area (Å²) in [5.74, 6) is 0. The molecular weight excluding hydrogens is 247 g/mol. The molecule has 1 aromatic heterocycles. The Morgan fingerprint density at radius 3 is 2.50 bits per heavy atom. The summed E-state index contributed by atoms with van der Waals surface area (Å²) in [6.45, 7) is 0.249. The van der Waals surface area contributed by atoms with Gasteiger partial charge >= 0.3 is 6.18 Å². The fourth-order valence-electron chi connectivity index (χ4n) is 2.48. The van der Waals surface area contributed by atoms with E-state index in [-0.39, 0.29) is 12.6 Å². The summed E-state index contributed by atoms with van der Waals surface area (Å²) in [6, 6.07) is 1.03. The maximum atomic E-state index is 12.5. The summed E-state index contributed by atoms with van der Waals surface area (Å²) in [5.41, 5.74) is 4.71. The molecule has 1 aliphatic carbocycles. The molecule has 0 spiro atoms. The number of nitrogens with zero attached hydrogens (tertiary/aromatic N) is 1. The minimum atomic E-state index is -4.45. The molecule has 18 heavy (non-hydrogen) atoms. The smallest absolute Gasteiger partial charge is 0.393 e. The van der Waals surface area contributed by atoms with E-state index in [1.54, 1.807) is 0 Å². The molecule has 2 rings (SSSR count). The number of aliphatic hydroxyl groups is 1. The highest BCUT2D eigenvalue weighted by Crippen LogP contribution is 2.39. The van der Waals surface area contributed by atoms with Crippen LogP contribution in [0.5, 0.6) is 0 Å². The second-order valence-electron chi connectivity index (χ2n) is 4.88. The molecule has 4 nitrogen and oxygen atoms in total. The van der Waals surface area contributed by atoms with Crippen molar-refractivity contribution >= 4 is 0 Å². The fourth-order valence-corrected chi connectivity index (χ4v) is 2.48. The van der Waals surface area contributed by atoms with Gasteiger partial charge < -0.3 is 10.8 Å². The van der Waals surface area contributed by atoms with E-state index >= 15 is 0 Å². The molecule has 102 valence electrons. The van der Waals surface area contributed by atoms with Crippen LogP contribution in [0.1, 0.15) is 37.1 Å². The summed E-state index contributed by atoms with van der Waals surface area (Å²) < 4.78 is 37.5. The van der Waals surface area contributed by atoms with Crippen molar-refractivity contribution in [3.05, 3.63) is 17.5 Å². The molecule has 1 saturated carbocycles. The van der Waals surface area contributed by atoms with Gasteiger partial charge in [-0.2, -0.15) is 18.3 Å². The predicted molar refractivity (Wildman–Crippen MR) is 58.8 cm³/mol. The van der Waals surface area contributed by atoms with Crippen LogP contribution in [-0.4, -0.2) is 28.0 Å². The molecule has 0 amide bonds. The first kappa shape index (κ1) is 13.4. The number of nitrogens with two attached hydrogens (primary N) is 1. The molecule has 7 heteroatoms. The third kappa shape index (κ3) is 2.37. The van der Waals surface area contributed by atoms with Crippen molar-refractivity contribution < 1.29 is 18.3 Å². The van der Waals surface area contributed by atoms with Crippen molar-refractivity contribution in [1.82, 2.24) is 10.2 Å². The Balaban J connectivity index is 2.25. The zero-order valence-corrected chi connectivity index (χ0v) is 9.80. The van der Waals surface area contributed by atoms with Crippen molar-refractivity contribution in [1.29, 1.82) is 0 Å². The molecular formula is C11H16F3N3O. The van der Waals surface area contributed by atoms with E-state index in [2.05, 4.69) is 10.2 Å². The quantitative estimate of drug-likeness (QED) is 0.758.